The van der Waals surface area contributed by atoms with Crippen molar-refractivity contribution in [3.63, 3.8) is 0 Å². The van der Waals surface area contributed by atoms with Gasteiger partial charge < -0.3 is 4.52 Å². The molecule has 0 spiro atoms. The summed E-state index contributed by atoms with van der Waals surface area (Å²) in [4.78, 5) is 12.5. The predicted molar refractivity (Wildman–Crippen MR) is 73.4 cm³/mol. The van der Waals surface area contributed by atoms with Crippen molar-refractivity contribution in [2.75, 3.05) is 0 Å². The van der Waals surface area contributed by atoms with Crippen molar-refractivity contribution >= 4 is 40.6 Å². The van der Waals surface area contributed by atoms with Gasteiger partial charge in [0.2, 0.25) is 0 Å². The largest absolute Gasteiger partial charge is 0.360 e. The van der Waals surface area contributed by atoms with E-state index in [1.54, 1.807) is 12.1 Å². The fourth-order valence-corrected chi connectivity index (χ4v) is 2.53. The molecule has 1 fully saturated rings. The van der Waals surface area contributed by atoms with Crippen molar-refractivity contribution in [2.24, 2.45) is 0 Å². The smallest absolute Gasteiger partial charge is 0.199 e. The van der Waals surface area contributed by atoms with Gasteiger partial charge in [0.05, 0.1) is 26.8 Å². The van der Waals surface area contributed by atoms with Crippen LogP contribution in [-0.4, -0.2) is 10.9 Å². The Balaban J connectivity index is 2.04. The third-order valence-electron chi connectivity index (χ3n) is 3.07. The van der Waals surface area contributed by atoms with E-state index in [1.165, 1.54) is 6.20 Å². The second kappa shape index (κ2) is 4.82. The van der Waals surface area contributed by atoms with E-state index in [4.69, 9.17) is 39.3 Å². The number of carbonyl (C=O) groups excluding carboxylic acids is 1. The van der Waals surface area contributed by atoms with Gasteiger partial charge in [-0.2, -0.15) is 0 Å². The van der Waals surface area contributed by atoms with Crippen LogP contribution in [0.1, 0.15) is 40.4 Å². The number of hydrogen-bond acceptors (Lipinski definition) is 3. The molecule has 1 saturated carbocycles. The molecule has 0 unspecified atom stereocenters. The first kappa shape index (κ1) is 13.0. The second-order valence-electron chi connectivity index (χ2n) is 4.43. The summed E-state index contributed by atoms with van der Waals surface area (Å²) in [6.45, 7) is 0. The van der Waals surface area contributed by atoms with Crippen molar-refractivity contribution in [3.8, 4) is 0 Å². The fraction of sp³-hybridized carbons (Fsp3) is 0.231. The zero-order valence-corrected chi connectivity index (χ0v) is 11.9. The van der Waals surface area contributed by atoms with Gasteiger partial charge in [-0.15, -0.1) is 0 Å². The van der Waals surface area contributed by atoms with E-state index in [0.29, 0.717) is 27.8 Å². The number of nitrogens with zero attached hydrogens (tertiary/aromatic N) is 1. The van der Waals surface area contributed by atoms with E-state index >= 15 is 0 Å². The molecule has 19 heavy (non-hydrogen) atoms. The van der Waals surface area contributed by atoms with Crippen molar-refractivity contribution in [2.45, 2.75) is 18.8 Å². The number of carbonyl (C=O) groups is 1. The molecule has 0 saturated heterocycles. The van der Waals surface area contributed by atoms with Crippen molar-refractivity contribution in [1.82, 2.24) is 5.16 Å². The summed E-state index contributed by atoms with van der Waals surface area (Å²) in [6.07, 6.45) is 3.46. The van der Waals surface area contributed by atoms with E-state index in [1.807, 2.05) is 0 Å². The van der Waals surface area contributed by atoms with Crippen LogP contribution in [0.5, 0.6) is 0 Å². The number of hydrogen-bond donors (Lipinski definition) is 0. The van der Waals surface area contributed by atoms with Crippen LogP contribution >= 0.6 is 34.8 Å². The molecule has 0 N–H and O–H groups in total. The van der Waals surface area contributed by atoms with Gasteiger partial charge >= 0.3 is 0 Å². The second-order valence-corrected chi connectivity index (χ2v) is 5.59. The van der Waals surface area contributed by atoms with Gasteiger partial charge in [-0.25, -0.2) is 0 Å². The lowest BCUT2D eigenvalue weighted by molar-refractivity contribution is 0.103. The summed E-state index contributed by atoms with van der Waals surface area (Å²) in [7, 11) is 0. The lowest BCUT2D eigenvalue weighted by Crippen LogP contribution is -2.04. The molecule has 2 aromatic rings. The molecular weight excluding hydrogens is 309 g/mol. The van der Waals surface area contributed by atoms with E-state index in [-0.39, 0.29) is 15.8 Å². The van der Waals surface area contributed by atoms with E-state index in [2.05, 4.69) is 5.16 Å². The first-order valence-electron chi connectivity index (χ1n) is 5.72. The Morgan fingerprint density at radius 3 is 2.58 bits per heavy atom. The standard InChI is InChI=1S/C13H8Cl3NO2/c14-9-4-3-7(10(15)11(9)16)12(18)8-5-17-19-13(8)6-1-2-6/h3-6H,1-2H2. The molecule has 98 valence electrons. The quantitative estimate of drug-likeness (QED) is 0.606. The van der Waals surface area contributed by atoms with Crippen LogP contribution in [0.2, 0.25) is 15.1 Å². The lowest BCUT2D eigenvalue weighted by atomic mass is 10.0. The van der Waals surface area contributed by atoms with Crippen molar-refractivity contribution in [3.05, 3.63) is 50.3 Å². The molecule has 0 atom stereocenters. The number of halogens is 3. The number of aromatic nitrogens is 1. The number of ketones is 1. The van der Waals surface area contributed by atoms with Gasteiger partial charge in [0, 0.05) is 11.5 Å². The van der Waals surface area contributed by atoms with Crippen LogP contribution in [0.3, 0.4) is 0 Å². The lowest BCUT2D eigenvalue weighted by Gasteiger charge is -2.05. The van der Waals surface area contributed by atoms with Crippen molar-refractivity contribution in [1.29, 1.82) is 0 Å². The first-order valence-corrected chi connectivity index (χ1v) is 6.85. The molecular formula is C13H8Cl3NO2. The highest BCUT2D eigenvalue weighted by molar-refractivity contribution is 6.49. The Morgan fingerprint density at radius 1 is 1.16 bits per heavy atom. The van der Waals surface area contributed by atoms with Gasteiger partial charge in [-0.3, -0.25) is 4.79 Å². The minimum atomic E-state index is -0.244. The maximum atomic E-state index is 12.5. The van der Waals surface area contributed by atoms with Crippen LogP contribution in [0.25, 0.3) is 0 Å². The summed E-state index contributed by atoms with van der Waals surface area (Å²) in [5, 5.41) is 4.35. The predicted octanol–water partition coefficient (Wildman–Crippen LogP) is 4.74. The number of benzene rings is 1. The first-order chi connectivity index (χ1) is 9.09. The Labute approximate surface area is 124 Å². The average Bonchev–Trinajstić information content (AvgIpc) is 3.13. The fourth-order valence-electron chi connectivity index (χ4n) is 1.91. The van der Waals surface area contributed by atoms with Crippen LogP contribution in [0, 0.1) is 0 Å². The van der Waals surface area contributed by atoms with Crippen LogP contribution in [0.4, 0.5) is 0 Å². The van der Waals surface area contributed by atoms with Gasteiger partial charge in [-0.05, 0) is 25.0 Å². The highest BCUT2D eigenvalue weighted by Gasteiger charge is 2.33. The van der Waals surface area contributed by atoms with Crippen LogP contribution < -0.4 is 0 Å². The Kier molecular flexibility index (Phi) is 3.29. The molecule has 1 aliphatic carbocycles. The van der Waals surface area contributed by atoms with Crippen LogP contribution in [-0.2, 0) is 0 Å². The maximum absolute atomic E-state index is 12.5. The monoisotopic (exact) mass is 315 g/mol. The van der Waals surface area contributed by atoms with Gasteiger partial charge in [0.15, 0.2) is 11.5 Å². The minimum Gasteiger partial charge on any atom is -0.360 e. The zero-order valence-electron chi connectivity index (χ0n) is 9.62. The molecule has 0 amide bonds. The molecule has 6 heteroatoms. The van der Waals surface area contributed by atoms with Crippen molar-refractivity contribution < 1.29 is 9.32 Å². The summed E-state index contributed by atoms with van der Waals surface area (Å²) in [5.74, 6) is 0.682. The normalized spacial score (nSPS) is 14.7. The molecule has 3 rings (SSSR count). The van der Waals surface area contributed by atoms with Gasteiger partial charge in [-0.1, -0.05) is 40.0 Å². The third kappa shape index (κ3) is 2.27. The molecule has 1 aromatic carbocycles. The highest BCUT2D eigenvalue weighted by atomic mass is 35.5. The summed E-state index contributed by atoms with van der Waals surface area (Å²) in [6, 6.07) is 3.11. The molecule has 0 aliphatic heterocycles. The average molecular weight is 317 g/mol. The zero-order chi connectivity index (χ0) is 13.6. The number of rotatable bonds is 3. The highest BCUT2D eigenvalue weighted by Crippen LogP contribution is 2.42. The summed E-state index contributed by atoms with van der Waals surface area (Å²) < 4.78 is 5.15. The van der Waals surface area contributed by atoms with E-state index in [0.717, 1.165) is 12.8 Å². The molecule has 0 bridgehead atoms. The SMILES string of the molecule is O=C(c1cnoc1C1CC1)c1ccc(Cl)c(Cl)c1Cl. The topological polar surface area (TPSA) is 43.1 Å². The Hall–Kier alpha value is -1.03. The maximum Gasteiger partial charge on any atom is 0.199 e. The Bertz CT molecular complexity index is 662. The third-order valence-corrected chi connectivity index (χ3v) is 4.36. The summed E-state index contributed by atoms with van der Waals surface area (Å²) in [5.41, 5.74) is 0.754. The molecule has 1 aromatic heterocycles. The molecule has 1 heterocycles. The molecule has 0 radical (unpaired) electrons. The van der Waals surface area contributed by atoms with Crippen LogP contribution in [0.15, 0.2) is 22.9 Å². The van der Waals surface area contributed by atoms with E-state index < -0.39 is 0 Å². The summed E-state index contributed by atoms with van der Waals surface area (Å²) >= 11 is 17.9. The molecule has 1 aliphatic rings. The van der Waals surface area contributed by atoms with Gasteiger partial charge in [0.25, 0.3) is 0 Å². The Morgan fingerprint density at radius 2 is 1.89 bits per heavy atom. The van der Waals surface area contributed by atoms with Gasteiger partial charge in [0.1, 0.15) is 0 Å². The minimum absolute atomic E-state index is 0.155. The van der Waals surface area contributed by atoms with E-state index in [9.17, 15) is 4.79 Å². The molecule has 3 nitrogen and oxygen atoms in total.